The molecule has 0 bridgehead atoms. The van der Waals surface area contributed by atoms with E-state index in [0.29, 0.717) is 28.7 Å². The van der Waals surface area contributed by atoms with Crippen molar-refractivity contribution < 1.29 is 28.8 Å². The monoisotopic (exact) mass is 459 g/mol. The Bertz CT molecular complexity index is 962. The lowest BCUT2D eigenvalue weighted by Crippen LogP contribution is -2.55. The summed E-state index contributed by atoms with van der Waals surface area (Å²) < 4.78 is 21.6. The molecular weight excluding hydrogens is 426 g/mol. The fourth-order valence-electron chi connectivity index (χ4n) is 4.18. The summed E-state index contributed by atoms with van der Waals surface area (Å²) >= 11 is 0. The lowest BCUT2D eigenvalue weighted by molar-refractivity contribution is -0.130. The summed E-state index contributed by atoms with van der Waals surface area (Å²) in [7, 11) is 4.83. The SMILES string of the molecule is COc1ccc([C@H]2[C@@H](CC[Si](C)(C)C)C(=O)N2c2cc(OC)c(OC)c(OC)c2)cc1O. The van der Waals surface area contributed by atoms with E-state index in [9.17, 15) is 9.90 Å². The number of carbonyl (C=O) groups is 1. The molecule has 174 valence electrons. The van der Waals surface area contributed by atoms with Crippen LogP contribution in [0, 0.1) is 5.92 Å². The minimum absolute atomic E-state index is 0.0535. The van der Waals surface area contributed by atoms with Crippen molar-refractivity contribution in [2.45, 2.75) is 38.1 Å². The van der Waals surface area contributed by atoms with Crippen molar-refractivity contribution >= 4 is 19.7 Å². The maximum absolute atomic E-state index is 13.4. The van der Waals surface area contributed by atoms with Crippen molar-refractivity contribution in [2.75, 3.05) is 33.3 Å². The van der Waals surface area contributed by atoms with E-state index in [1.54, 1.807) is 50.5 Å². The molecule has 1 aliphatic rings. The number of benzene rings is 2. The molecule has 7 nitrogen and oxygen atoms in total. The van der Waals surface area contributed by atoms with Crippen LogP contribution in [-0.4, -0.2) is 47.5 Å². The summed E-state index contributed by atoms with van der Waals surface area (Å²) in [6, 6.07) is 9.72. The zero-order chi connectivity index (χ0) is 23.6. The van der Waals surface area contributed by atoms with Crippen molar-refractivity contribution in [3.63, 3.8) is 0 Å². The number of aromatic hydroxyl groups is 1. The van der Waals surface area contributed by atoms with Crippen molar-refractivity contribution in [1.82, 2.24) is 0 Å². The topological polar surface area (TPSA) is 77.5 Å². The number of ether oxygens (including phenoxy) is 4. The maximum atomic E-state index is 13.4. The van der Waals surface area contributed by atoms with E-state index < -0.39 is 8.07 Å². The largest absolute Gasteiger partial charge is 0.504 e. The van der Waals surface area contributed by atoms with E-state index >= 15 is 0 Å². The molecule has 3 rings (SSSR count). The molecule has 1 heterocycles. The first-order valence-corrected chi connectivity index (χ1v) is 14.4. The van der Waals surface area contributed by atoms with Gasteiger partial charge < -0.3 is 29.0 Å². The van der Waals surface area contributed by atoms with Crippen LogP contribution in [0.1, 0.15) is 18.0 Å². The molecule has 2 aromatic rings. The molecule has 2 aromatic carbocycles. The summed E-state index contributed by atoms with van der Waals surface area (Å²) in [5.41, 5.74) is 1.52. The molecule has 0 spiro atoms. The van der Waals surface area contributed by atoms with Gasteiger partial charge in [0.25, 0.3) is 0 Å². The van der Waals surface area contributed by atoms with E-state index in [4.69, 9.17) is 18.9 Å². The number of amides is 1. The van der Waals surface area contributed by atoms with Gasteiger partial charge in [-0.2, -0.15) is 0 Å². The smallest absolute Gasteiger partial charge is 0.233 e. The molecule has 32 heavy (non-hydrogen) atoms. The first-order valence-electron chi connectivity index (χ1n) is 10.6. The van der Waals surface area contributed by atoms with Gasteiger partial charge >= 0.3 is 0 Å². The molecule has 0 unspecified atom stereocenters. The Morgan fingerprint density at radius 1 is 0.906 bits per heavy atom. The highest BCUT2D eigenvalue weighted by molar-refractivity contribution is 6.76. The normalized spacial score (nSPS) is 18.2. The fraction of sp³-hybridized carbons (Fsp3) is 0.458. The number of hydrogen-bond acceptors (Lipinski definition) is 6. The summed E-state index contributed by atoms with van der Waals surface area (Å²) in [5.74, 6) is 1.79. The summed E-state index contributed by atoms with van der Waals surface area (Å²) in [6.45, 7) is 6.92. The minimum atomic E-state index is -1.33. The van der Waals surface area contributed by atoms with Crippen LogP contribution in [-0.2, 0) is 4.79 Å². The Hall–Kier alpha value is -2.87. The number of phenolic OH excluding ortho intramolecular Hbond substituents is 1. The molecular formula is C24H33NO6Si. The Balaban J connectivity index is 2.06. The van der Waals surface area contributed by atoms with Gasteiger partial charge in [0.15, 0.2) is 23.0 Å². The van der Waals surface area contributed by atoms with Gasteiger partial charge in [-0.05, 0) is 24.1 Å². The molecule has 1 fully saturated rings. The number of nitrogens with zero attached hydrogens (tertiary/aromatic N) is 1. The number of rotatable bonds is 9. The molecule has 1 N–H and O–H groups in total. The van der Waals surface area contributed by atoms with Crippen molar-refractivity contribution in [2.24, 2.45) is 5.92 Å². The van der Waals surface area contributed by atoms with Crippen LogP contribution >= 0.6 is 0 Å². The van der Waals surface area contributed by atoms with Crippen LogP contribution < -0.4 is 23.8 Å². The van der Waals surface area contributed by atoms with Gasteiger partial charge in [0.05, 0.1) is 46.1 Å². The van der Waals surface area contributed by atoms with Crippen molar-refractivity contribution in [3.05, 3.63) is 35.9 Å². The zero-order valence-corrected chi connectivity index (χ0v) is 20.9. The average molecular weight is 460 g/mol. The van der Waals surface area contributed by atoms with Gasteiger partial charge in [-0.15, -0.1) is 0 Å². The molecule has 8 heteroatoms. The summed E-state index contributed by atoms with van der Waals surface area (Å²) in [5, 5.41) is 10.4. The number of β-lactam (4-membered cyclic amide) rings is 1. The predicted molar refractivity (Wildman–Crippen MR) is 127 cm³/mol. The van der Waals surface area contributed by atoms with E-state index in [-0.39, 0.29) is 23.6 Å². The van der Waals surface area contributed by atoms with Crippen LogP contribution in [0.2, 0.25) is 25.7 Å². The Kier molecular flexibility index (Phi) is 6.93. The summed E-state index contributed by atoms with van der Waals surface area (Å²) in [6.07, 6.45) is 0.812. The molecule has 0 radical (unpaired) electrons. The maximum Gasteiger partial charge on any atom is 0.233 e. The van der Waals surface area contributed by atoms with Gasteiger partial charge in [-0.1, -0.05) is 31.8 Å². The number of carbonyl (C=O) groups excluding carboxylic acids is 1. The Labute approximate surface area is 190 Å². The van der Waals surface area contributed by atoms with E-state index in [1.165, 1.54) is 7.11 Å². The van der Waals surface area contributed by atoms with Crippen LogP contribution in [0.25, 0.3) is 0 Å². The van der Waals surface area contributed by atoms with E-state index in [1.807, 2.05) is 6.07 Å². The molecule has 0 saturated carbocycles. The second-order valence-electron chi connectivity index (χ2n) is 9.17. The number of phenols is 1. The van der Waals surface area contributed by atoms with Crippen LogP contribution in [0.5, 0.6) is 28.7 Å². The third-order valence-electron chi connectivity index (χ3n) is 5.89. The Morgan fingerprint density at radius 2 is 1.50 bits per heavy atom. The quantitative estimate of drug-likeness (QED) is 0.426. The highest BCUT2D eigenvalue weighted by atomic mass is 28.3. The Morgan fingerprint density at radius 3 is 1.97 bits per heavy atom. The van der Waals surface area contributed by atoms with E-state index in [0.717, 1.165) is 18.0 Å². The van der Waals surface area contributed by atoms with Crippen LogP contribution in [0.15, 0.2) is 30.3 Å². The first kappa shape index (κ1) is 23.8. The molecule has 1 saturated heterocycles. The van der Waals surface area contributed by atoms with Crippen LogP contribution in [0.3, 0.4) is 0 Å². The number of anilines is 1. The van der Waals surface area contributed by atoms with Crippen molar-refractivity contribution in [3.8, 4) is 28.7 Å². The second kappa shape index (κ2) is 9.32. The predicted octanol–water partition coefficient (Wildman–Crippen LogP) is 4.86. The second-order valence-corrected chi connectivity index (χ2v) is 14.8. The zero-order valence-electron chi connectivity index (χ0n) is 19.9. The number of hydrogen-bond donors (Lipinski definition) is 1. The van der Waals surface area contributed by atoms with Gasteiger partial charge in [0.1, 0.15) is 0 Å². The molecule has 0 aliphatic carbocycles. The van der Waals surface area contributed by atoms with Gasteiger partial charge in [-0.3, -0.25) is 4.79 Å². The number of methoxy groups -OCH3 is 4. The highest BCUT2D eigenvalue weighted by Crippen LogP contribution is 2.50. The van der Waals surface area contributed by atoms with E-state index in [2.05, 4.69) is 19.6 Å². The third-order valence-corrected chi connectivity index (χ3v) is 7.68. The van der Waals surface area contributed by atoms with Gasteiger partial charge in [0, 0.05) is 20.2 Å². The standard InChI is InChI=1S/C24H33NO6Si/c1-28-19-9-8-15(12-18(19)26)22-17(10-11-32(5,6)7)24(27)25(22)16-13-20(29-2)23(31-4)21(14-16)30-3/h8-9,12-14,17,22,26H,10-11H2,1-7H3/t17-,22+/m1/s1. The molecule has 2 atom stereocenters. The lowest BCUT2D eigenvalue weighted by atomic mass is 9.80. The molecule has 1 aliphatic heterocycles. The lowest BCUT2D eigenvalue weighted by Gasteiger charge is -2.48. The average Bonchev–Trinajstić information content (AvgIpc) is 2.75. The minimum Gasteiger partial charge on any atom is -0.504 e. The van der Waals surface area contributed by atoms with Gasteiger partial charge in [-0.25, -0.2) is 0 Å². The van der Waals surface area contributed by atoms with Crippen LogP contribution in [0.4, 0.5) is 5.69 Å². The first-order chi connectivity index (χ1) is 15.1. The summed E-state index contributed by atoms with van der Waals surface area (Å²) in [4.78, 5) is 15.1. The van der Waals surface area contributed by atoms with Crippen molar-refractivity contribution in [1.29, 1.82) is 0 Å². The fourth-order valence-corrected chi connectivity index (χ4v) is 5.36. The van der Waals surface area contributed by atoms with Gasteiger partial charge in [0.2, 0.25) is 11.7 Å². The molecule has 0 aromatic heterocycles. The highest BCUT2D eigenvalue weighted by Gasteiger charge is 2.49. The molecule has 1 amide bonds. The third kappa shape index (κ3) is 4.50.